The standard InChI is InChI=1S/C22H30O2/c1-6-9-10-11-14-20(8-3)19(5)24-22-16-12-15-21(17-22)23-18(4)13-7-2/h7-8,11-12,14-17,19H,2,4,6,9-10,13H2,1,3,5H3/b14-11-,20-8+. The molecular formula is C22H30O2. The summed E-state index contributed by atoms with van der Waals surface area (Å²) in [5, 5.41) is 0. The molecule has 0 heterocycles. The van der Waals surface area contributed by atoms with Gasteiger partial charge in [-0.2, -0.15) is 0 Å². The molecule has 0 saturated carbocycles. The number of hydrogen-bond donors (Lipinski definition) is 0. The van der Waals surface area contributed by atoms with Crippen LogP contribution < -0.4 is 9.47 Å². The van der Waals surface area contributed by atoms with Gasteiger partial charge >= 0.3 is 0 Å². The summed E-state index contributed by atoms with van der Waals surface area (Å²) in [6.45, 7) is 13.9. The van der Waals surface area contributed by atoms with Gasteiger partial charge in [0.05, 0.1) is 0 Å². The fourth-order valence-corrected chi connectivity index (χ4v) is 2.26. The predicted molar refractivity (Wildman–Crippen MR) is 104 cm³/mol. The van der Waals surface area contributed by atoms with Crippen molar-refractivity contribution >= 4 is 0 Å². The molecule has 0 aliphatic heterocycles. The second kappa shape index (κ2) is 11.3. The van der Waals surface area contributed by atoms with Gasteiger partial charge in [0.15, 0.2) is 0 Å². The highest BCUT2D eigenvalue weighted by Crippen LogP contribution is 2.24. The molecule has 1 rings (SSSR count). The fourth-order valence-electron chi connectivity index (χ4n) is 2.26. The average molecular weight is 326 g/mol. The minimum absolute atomic E-state index is 0.0143. The largest absolute Gasteiger partial charge is 0.486 e. The van der Waals surface area contributed by atoms with Gasteiger partial charge in [-0.25, -0.2) is 0 Å². The summed E-state index contributed by atoms with van der Waals surface area (Å²) in [6, 6.07) is 7.64. The van der Waals surface area contributed by atoms with E-state index < -0.39 is 0 Å². The molecule has 0 saturated heterocycles. The van der Waals surface area contributed by atoms with Gasteiger partial charge in [-0.1, -0.05) is 56.7 Å². The molecule has 1 aromatic carbocycles. The lowest BCUT2D eigenvalue weighted by molar-refractivity contribution is 0.259. The average Bonchev–Trinajstić information content (AvgIpc) is 2.55. The molecule has 0 radical (unpaired) electrons. The van der Waals surface area contributed by atoms with Crippen molar-refractivity contribution in [2.75, 3.05) is 0 Å². The summed E-state index contributed by atoms with van der Waals surface area (Å²) >= 11 is 0. The zero-order valence-electron chi connectivity index (χ0n) is 15.3. The molecule has 0 aromatic heterocycles. The zero-order valence-corrected chi connectivity index (χ0v) is 15.3. The van der Waals surface area contributed by atoms with Crippen LogP contribution in [0, 0.1) is 0 Å². The van der Waals surface area contributed by atoms with Gasteiger partial charge in [-0.05, 0) is 38.0 Å². The Morgan fingerprint density at radius 1 is 1.29 bits per heavy atom. The Morgan fingerprint density at radius 2 is 2.04 bits per heavy atom. The number of hydrogen-bond acceptors (Lipinski definition) is 2. The molecule has 2 heteroatoms. The van der Waals surface area contributed by atoms with E-state index >= 15 is 0 Å². The Labute approximate surface area is 147 Å². The molecule has 1 aromatic rings. The van der Waals surface area contributed by atoms with E-state index in [1.165, 1.54) is 18.4 Å². The smallest absolute Gasteiger partial charge is 0.130 e. The molecule has 0 spiro atoms. The second-order valence-electron chi connectivity index (χ2n) is 5.70. The topological polar surface area (TPSA) is 18.5 Å². The maximum absolute atomic E-state index is 6.06. The van der Waals surface area contributed by atoms with Crippen molar-refractivity contribution in [3.05, 3.63) is 73.1 Å². The molecule has 0 fully saturated rings. The molecule has 130 valence electrons. The Balaban J connectivity index is 2.68. The Hall–Kier alpha value is -2.22. The van der Waals surface area contributed by atoms with E-state index in [-0.39, 0.29) is 6.10 Å². The maximum atomic E-state index is 6.06. The van der Waals surface area contributed by atoms with Crippen molar-refractivity contribution in [1.82, 2.24) is 0 Å². The first-order valence-electron chi connectivity index (χ1n) is 8.66. The van der Waals surface area contributed by atoms with E-state index in [1.54, 1.807) is 6.08 Å². The van der Waals surface area contributed by atoms with Gasteiger partial charge in [0.2, 0.25) is 0 Å². The summed E-state index contributed by atoms with van der Waals surface area (Å²) < 4.78 is 11.7. The number of benzene rings is 1. The van der Waals surface area contributed by atoms with Crippen molar-refractivity contribution in [2.45, 2.75) is 52.6 Å². The SMILES string of the molecule is C=CCC(=C)Oc1cccc(OC(C)C(/C=C\CCCC)=C/C)c1. The minimum Gasteiger partial charge on any atom is -0.486 e. The van der Waals surface area contributed by atoms with Crippen LogP contribution in [-0.4, -0.2) is 6.10 Å². The molecule has 2 nitrogen and oxygen atoms in total. The lowest BCUT2D eigenvalue weighted by atomic mass is 10.1. The lowest BCUT2D eigenvalue weighted by Crippen LogP contribution is -2.13. The van der Waals surface area contributed by atoms with Crippen molar-refractivity contribution in [3.8, 4) is 11.5 Å². The van der Waals surface area contributed by atoms with E-state index in [4.69, 9.17) is 9.47 Å². The maximum Gasteiger partial charge on any atom is 0.130 e. The monoisotopic (exact) mass is 326 g/mol. The van der Waals surface area contributed by atoms with Gasteiger partial charge in [0.25, 0.3) is 0 Å². The predicted octanol–water partition coefficient (Wildman–Crippen LogP) is 6.62. The zero-order chi connectivity index (χ0) is 17.8. The summed E-state index contributed by atoms with van der Waals surface area (Å²) in [7, 11) is 0. The Kier molecular flexibility index (Phi) is 9.36. The van der Waals surface area contributed by atoms with Crippen LogP contribution in [0.1, 0.15) is 46.5 Å². The van der Waals surface area contributed by atoms with E-state index in [0.29, 0.717) is 12.2 Å². The molecule has 1 atom stereocenters. The van der Waals surface area contributed by atoms with Crippen LogP contribution in [-0.2, 0) is 0 Å². The van der Waals surface area contributed by atoms with E-state index in [0.717, 1.165) is 17.9 Å². The molecule has 0 aliphatic carbocycles. The number of allylic oxidation sites excluding steroid dienone is 3. The van der Waals surface area contributed by atoms with Crippen LogP contribution in [0.15, 0.2) is 73.1 Å². The highest BCUT2D eigenvalue weighted by Gasteiger charge is 2.08. The molecule has 0 N–H and O–H groups in total. The Morgan fingerprint density at radius 3 is 2.71 bits per heavy atom. The van der Waals surface area contributed by atoms with Crippen molar-refractivity contribution in [3.63, 3.8) is 0 Å². The van der Waals surface area contributed by atoms with Crippen LogP contribution in [0.2, 0.25) is 0 Å². The minimum atomic E-state index is -0.0143. The fraction of sp³-hybridized carbons (Fsp3) is 0.364. The summed E-state index contributed by atoms with van der Waals surface area (Å²) in [5.74, 6) is 2.18. The van der Waals surface area contributed by atoms with Gasteiger partial charge in [-0.3, -0.25) is 0 Å². The van der Waals surface area contributed by atoms with Gasteiger partial charge < -0.3 is 9.47 Å². The molecule has 0 aliphatic rings. The number of ether oxygens (including phenoxy) is 2. The summed E-state index contributed by atoms with van der Waals surface area (Å²) in [5.41, 5.74) is 1.17. The molecule has 1 unspecified atom stereocenters. The number of rotatable bonds is 11. The summed E-state index contributed by atoms with van der Waals surface area (Å²) in [6.07, 6.45) is 12.4. The van der Waals surface area contributed by atoms with Crippen LogP contribution >= 0.6 is 0 Å². The second-order valence-corrected chi connectivity index (χ2v) is 5.70. The van der Waals surface area contributed by atoms with E-state index in [2.05, 4.69) is 45.2 Å². The van der Waals surface area contributed by atoms with Gasteiger partial charge in [0.1, 0.15) is 23.4 Å². The Bertz CT molecular complexity index is 581. The molecular weight excluding hydrogens is 296 g/mol. The van der Waals surface area contributed by atoms with Gasteiger partial charge in [-0.15, -0.1) is 6.58 Å². The van der Waals surface area contributed by atoms with Crippen LogP contribution in [0.3, 0.4) is 0 Å². The van der Waals surface area contributed by atoms with Crippen molar-refractivity contribution in [1.29, 1.82) is 0 Å². The van der Waals surface area contributed by atoms with Crippen molar-refractivity contribution < 1.29 is 9.47 Å². The molecule has 0 bridgehead atoms. The van der Waals surface area contributed by atoms with E-state index in [1.807, 2.05) is 31.2 Å². The van der Waals surface area contributed by atoms with Crippen LogP contribution in [0.4, 0.5) is 0 Å². The third kappa shape index (κ3) is 7.36. The molecule has 0 amide bonds. The normalized spacial score (nSPS) is 12.9. The highest BCUT2D eigenvalue weighted by molar-refractivity contribution is 5.35. The first-order chi connectivity index (χ1) is 11.6. The first-order valence-corrected chi connectivity index (χ1v) is 8.66. The van der Waals surface area contributed by atoms with E-state index in [9.17, 15) is 0 Å². The van der Waals surface area contributed by atoms with Crippen molar-refractivity contribution in [2.24, 2.45) is 0 Å². The summed E-state index contributed by atoms with van der Waals surface area (Å²) in [4.78, 5) is 0. The molecule has 24 heavy (non-hydrogen) atoms. The third-order valence-electron chi connectivity index (χ3n) is 3.59. The first kappa shape index (κ1) is 19.8. The quantitative estimate of drug-likeness (QED) is 0.197. The number of unbranched alkanes of at least 4 members (excludes halogenated alkanes) is 2. The van der Waals surface area contributed by atoms with Gasteiger partial charge in [0, 0.05) is 12.5 Å². The lowest BCUT2D eigenvalue weighted by Gasteiger charge is -2.17. The third-order valence-corrected chi connectivity index (χ3v) is 3.59. The van der Waals surface area contributed by atoms with Crippen LogP contribution in [0.25, 0.3) is 0 Å². The highest BCUT2D eigenvalue weighted by atomic mass is 16.5. The van der Waals surface area contributed by atoms with Crippen LogP contribution in [0.5, 0.6) is 11.5 Å².